The molecule has 0 bridgehead atoms. The van der Waals surface area contributed by atoms with Crippen LogP contribution in [0.15, 0.2) is 0 Å². The van der Waals surface area contributed by atoms with E-state index >= 15 is 0 Å². The summed E-state index contributed by atoms with van der Waals surface area (Å²) < 4.78 is 4.88. The van der Waals surface area contributed by atoms with Crippen LogP contribution in [0.3, 0.4) is 0 Å². The van der Waals surface area contributed by atoms with Gasteiger partial charge in [0.1, 0.15) is 5.54 Å². The van der Waals surface area contributed by atoms with E-state index in [0.717, 1.165) is 25.7 Å². The predicted octanol–water partition coefficient (Wildman–Crippen LogP) is 0.421. The largest absolute Gasteiger partial charge is 0.383 e. The zero-order valence-electron chi connectivity index (χ0n) is 10.6. The lowest BCUT2D eigenvalue weighted by Gasteiger charge is -2.33. The molecule has 17 heavy (non-hydrogen) atoms. The fourth-order valence-corrected chi connectivity index (χ4v) is 2.21. The molecule has 0 spiro atoms. The number of rotatable bonds is 5. The van der Waals surface area contributed by atoms with E-state index in [1.165, 1.54) is 0 Å². The number of hydrogen-bond acceptors (Lipinski definition) is 4. The molecule has 1 saturated carbocycles. The summed E-state index contributed by atoms with van der Waals surface area (Å²) in [6, 6.07) is 2.32. The molecule has 0 unspecified atom stereocenters. The minimum absolute atomic E-state index is 0.0432. The Hall–Kier alpha value is -1.12. The van der Waals surface area contributed by atoms with Gasteiger partial charge in [-0.05, 0) is 32.7 Å². The van der Waals surface area contributed by atoms with Gasteiger partial charge < -0.3 is 15.4 Å². The summed E-state index contributed by atoms with van der Waals surface area (Å²) >= 11 is 0. The second kappa shape index (κ2) is 6.58. The van der Waals surface area contributed by atoms with Crippen molar-refractivity contribution in [2.45, 2.75) is 31.2 Å². The zero-order valence-corrected chi connectivity index (χ0v) is 10.6. The molecule has 0 aromatic rings. The van der Waals surface area contributed by atoms with Crippen molar-refractivity contribution in [1.29, 1.82) is 5.26 Å². The third-order valence-electron chi connectivity index (χ3n) is 3.51. The van der Waals surface area contributed by atoms with E-state index in [1.54, 1.807) is 7.11 Å². The number of nitriles is 1. The summed E-state index contributed by atoms with van der Waals surface area (Å²) in [6.07, 6.45) is 3.02. The third kappa shape index (κ3) is 3.69. The smallest absolute Gasteiger partial charge is 0.223 e. The van der Waals surface area contributed by atoms with Crippen molar-refractivity contribution in [3.63, 3.8) is 0 Å². The topological polar surface area (TPSA) is 74.2 Å². The lowest BCUT2D eigenvalue weighted by Crippen LogP contribution is -2.47. The predicted molar refractivity (Wildman–Crippen MR) is 64.2 cm³/mol. The van der Waals surface area contributed by atoms with Gasteiger partial charge in [0.05, 0.1) is 12.7 Å². The van der Waals surface area contributed by atoms with E-state index in [0.29, 0.717) is 13.2 Å². The van der Waals surface area contributed by atoms with Crippen LogP contribution in [-0.2, 0) is 9.53 Å². The van der Waals surface area contributed by atoms with E-state index in [1.807, 2.05) is 7.05 Å². The highest BCUT2D eigenvalue weighted by molar-refractivity contribution is 5.78. The molecule has 5 nitrogen and oxygen atoms in total. The van der Waals surface area contributed by atoms with Crippen LogP contribution in [0.5, 0.6) is 0 Å². The maximum absolute atomic E-state index is 11.8. The van der Waals surface area contributed by atoms with Gasteiger partial charge in [-0.2, -0.15) is 5.26 Å². The van der Waals surface area contributed by atoms with Crippen molar-refractivity contribution < 1.29 is 9.53 Å². The minimum atomic E-state index is -0.427. The highest BCUT2D eigenvalue weighted by Gasteiger charge is 2.36. The van der Waals surface area contributed by atoms with Crippen molar-refractivity contribution in [1.82, 2.24) is 10.6 Å². The first-order valence-electron chi connectivity index (χ1n) is 6.04. The van der Waals surface area contributed by atoms with Gasteiger partial charge in [0.25, 0.3) is 0 Å². The average Bonchev–Trinajstić information content (AvgIpc) is 2.39. The Morgan fingerprint density at radius 2 is 2.18 bits per heavy atom. The molecule has 1 aliphatic carbocycles. The van der Waals surface area contributed by atoms with E-state index in [-0.39, 0.29) is 11.8 Å². The second-order valence-corrected chi connectivity index (χ2v) is 4.50. The van der Waals surface area contributed by atoms with Crippen LogP contribution in [-0.4, -0.2) is 38.8 Å². The van der Waals surface area contributed by atoms with Gasteiger partial charge >= 0.3 is 0 Å². The molecule has 0 aliphatic heterocycles. The highest BCUT2D eigenvalue weighted by atomic mass is 16.5. The maximum Gasteiger partial charge on any atom is 0.223 e. The van der Waals surface area contributed by atoms with Crippen molar-refractivity contribution in [3.8, 4) is 6.07 Å². The molecule has 1 fully saturated rings. The van der Waals surface area contributed by atoms with Crippen LogP contribution in [0.4, 0.5) is 0 Å². The number of carbonyl (C=O) groups is 1. The Balaban J connectivity index is 2.36. The Morgan fingerprint density at radius 1 is 1.53 bits per heavy atom. The van der Waals surface area contributed by atoms with E-state index in [4.69, 9.17) is 10.00 Å². The summed E-state index contributed by atoms with van der Waals surface area (Å²) in [5.41, 5.74) is -0.427. The van der Waals surface area contributed by atoms with Crippen molar-refractivity contribution in [3.05, 3.63) is 0 Å². The molecule has 5 heteroatoms. The van der Waals surface area contributed by atoms with E-state index < -0.39 is 5.54 Å². The zero-order chi connectivity index (χ0) is 12.7. The normalized spacial score (nSPS) is 28.4. The van der Waals surface area contributed by atoms with Gasteiger partial charge in [0.2, 0.25) is 5.91 Å². The maximum atomic E-state index is 11.8. The minimum Gasteiger partial charge on any atom is -0.383 e. The molecule has 0 saturated heterocycles. The Labute approximate surface area is 103 Å². The number of carbonyl (C=O) groups excluding carboxylic acids is 1. The summed E-state index contributed by atoms with van der Waals surface area (Å²) in [6.45, 7) is 1.10. The molecule has 0 heterocycles. The van der Waals surface area contributed by atoms with Crippen LogP contribution in [0.1, 0.15) is 25.7 Å². The monoisotopic (exact) mass is 239 g/mol. The fourth-order valence-electron chi connectivity index (χ4n) is 2.21. The quantitative estimate of drug-likeness (QED) is 0.682. The molecule has 1 aliphatic rings. The number of nitrogens with zero attached hydrogens (tertiary/aromatic N) is 1. The molecule has 0 radical (unpaired) electrons. The molecule has 0 atom stereocenters. The van der Waals surface area contributed by atoms with Gasteiger partial charge in [-0.25, -0.2) is 0 Å². The third-order valence-corrected chi connectivity index (χ3v) is 3.51. The van der Waals surface area contributed by atoms with Gasteiger partial charge in [0.15, 0.2) is 0 Å². The van der Waals surface area contributed by atoms with Crippen molar-refractivity contribution in [2.75, 3.05) is 27.3 Å². The lowest BCUT2D eigenvalue weighted by molar-refractivity contribution is -0.126. The first kappa shape index (κ1) is 13.9. The standard InChI is InChI=1S/C12H21N3O2/c1-14-12(9-13)5-3-10(4-6-12)11(16)15-7-8-17-2/h10,14H,3-8H2,1-2H3,(H,15,16). The van der Waals surface area contributed by atoms with E-state index in [9.17, 15) is 4.79 Å². The number of ether oxygens (including phenoxy) is 1. The summed E-state index contributed by atoms with van der Waals surface area (Å²) in [4.78, 5) is 11.8. The molecule has 96 valence electrons. The van der Waals surface area contributed by atoms with Crippen LogP contribution in [0, 0.1) is 17.2 Å². The van der Waals surface area contributed by atoms with Crippen LogP contribution >= 0.6 is 0 Å². The summed E-state index contributed by atoms with van der Waals surface area (Å²) in [5.74, 6) is 0.131. The number of hydrogen-bond donors (Lipinski definition) is 2. The first-order valence-corrected chi connectivity index (χ1v) is 6.04. The SMILES string of the molecule is CNC1(C#N)CCC(C(=O)NCCOC)CC1. The summed E-state index contributed by atoms with van der Waals surface area (Å²) in [7, 11) is 3.42. The van der Waals surface area contributed by atoms with Crippen molar-refractivity contribution in [2.24, 2.45) is 5.92 Å². The fraction of sp³-hybridized carbons (Fsp3) is 0.833. The first-order chi connectivity index (χ1) is 8.17. The van der Waals surface area contributed by atoms with Crippen LogP contribution < -0.4 is 10.6 Å². The van der Waals surface area contributed by atoms with Gasteiger partial charge in [-0.15, -0.1) is 0 Å². The molecule has 1 rings (SSSR count). The Bertz CT molecular complexity index is 291. The van der Waals surface area contributed by atoms with E-state index in [2.05, 4.69) is 16.7 Å². The van der Waals surface area contributed by atoms with Crippen LogP contribution in [0.2, 0.25) is 0 Å². The molecular formula is C12H21N3O2. The molecular weight excluding hydrogens is 218 g/mol. The molecule has 0 aromatic heterocycles. The second-order valence-electron chi connectivity index (χ2n) is 4.50. The van der Waals surface area contributed by atoms with Gasteiger partial charge in [-0.1, -0.05) is 0 Å². The van der Waals surface area contributed by atoms with Crippen LogP contribution in [0.25, 0.3) is 0 Å². The van der Waals surface area contributed by atoms with Gasteiger partial charge in [-0.3, -0.25) is 4.79 Å². The van der Waals surface area contributed by atoms with Crippen molar-refractivity contribution >= 4 is 5.91 Å². The highest BCUT2D eigenvalue weighted by Crippen LogP contribution is 2.31. The molecule has 1 amide bonds. The molecule has 0 aromatic carbocycles. The Morgan fingerprint density at radius 3 is 2.65 bits per heavy atom. The number of amides is 1. The summed E-state index contributed by atoms with van der Waals surface area (Å²) in [5, 5.41) is 15.0. The molecule has 2 N–H and O–H groups in total. The van der Waals surface area contributed by atoms with Gasteiger partial charge in [0, 0.05) is 19.6 Å². The number of nitrogens with one attached hydrogen (secondary N) is 2. The number of methoxy groups -OCH3 is 1. The lowest BCUT2D eigenvalue weighted by atomic mass is 9.77. The average molecular weight is 239 g/mol. The Kier molecular flexibility index (Phi) is 5.39.